The van der Waals surface area contributed by atoms with Gasteiger partial charge in [0.2, 0.25) is 0 Å². The molecule has 0 bridgehead atoms. The van der Waals surface area contributed by atoms with Crippen LogP contribution in [0.15, 0.2) is 24.3 Å². The summed E-state index contributed by atoms with van der Waals surface area (Å²) >= 11 is 0. The van der Waals surface area contributed by atoms with Crippen LogP contribution in [0.2, 0.25) is 0 Å². The zero-order valence-corrected chi connectivity index (χ0v) is 13.5. The van der Waals surface area contributed by atoms with Crippen molar-refractivity contribution in [2.75, 3.05) is 0 Å². The molecule has 0 saturated heterocycles. The molecule has 0 saturated carbocycles. The first-order chi connectivity index (χ1) is 10.2. The molecule has 22 heavy (non-hydrogen) atoms. The van der Waals surface area contributed by atoms with E-state index in [-0.39, 0.29) is 0 Å². The van der Waals surface area contributed by atoms with E-state index >= 15 is 0 Å². The van der Waals surface area contributed by atoms with Crippen LogP contribution >= 0.6 is 0 Å². The Morgan fingerprint density at radius 3 is 2.50 bits per heavy atom. The topological polar surface area (TPSA) is 73.2 Å². The Morgan fingerprint density at radius 1 is 1.27 bits per heavy atom. The smallest absolute Gasteiger partial charge is 0.408 e. The molecule has 1 amide bonds. The Hall–Kier alpha value is -2.37. The van der Waals surface area contributed by atoms with Crippen LogP contribution in [0.5, 0.6) is 0 Å². The molecule has 6 nitrogen and oxygen atoms in total. The Bertz CT molecular complexity index is 715. The molecule has 2 aromatic rings. The van der Waals surface area contributed by atoms with Gasteiger partial charge < -0.3 is 14.8 Å². The number of carbonyl (C=O) groups is 2. The van der Waals surface area contributed by atoms with Crippen molar-refractivity contribution < 1.29 is 14.3 Å². The summed E-state index contributed by atoms with van der Waals surface area (Å²) in [5.74, 6) is 0. The van der Waals surface area contributed by atoms with Crippen molar-refractivity contribution in [2.45, 2.75) is 38.8 Å². The Morgan fingerprint density at radius 2 is 1.91 bits per heavy atom. The minimum absolute atomic E-state index is 0.615. The number of nitrogens with zero attached hydrogens (tertiary/aromatic N) is 2. The van der Waals surface area contributed by atoms with Gasteiger partial charge in [-0.15, -0.1) is 0 Å². The molecular weight excluding hydrogens is 282 g/mol. The number of aryl methyl sites for hydroxylation is 1. The normalized spacial score (nSPS) is 14.4. The summed E-state index contributed by atoms with van der Waals surface area (Å²) < 4.78 is 6.85. The third-order valence-corrected chi connectivity index (χ3v) is 3.23. The van der Waals surface area contributed by atoms with Crippen molar-refractivity contribution in [1.29, 1.82) is 0 Å². The fraction of sp³-hybridized carbons (Fsp3) is 0.438. The van der Waals surface area contributed by atoms with Crippen molar-refractivity contribution in [1.82, 2.24) is 15.1 Å². The molecule has 0 spiro atoms. The number of hydrogen-bond acceptors (Lipinski definition) is 4. The number of hydrogen-bond donors (Lipinski definition) is 1. The summed E-state index contributed by atoms with van der Waals surface area (Å²) in [4.78, 5) is 23.8. The van der Waals surface area contributed by atoms with Gasteiger partial charge in [0.15, 0.2) is 6.29 Å². The van der Waals surface area contributed by atoms with Gasteiger partial charge in [-0.2, -0.15) is 5.10 Å². The van der Waals surface area contributed by atoms with Crippen LogP contribution in [0.1, 0.15) is 33.4 Å². The fourth-order valence-corrected chi connectivity index (χ4v) is 2.42. The quantitative estimate of drug-likeness (QED) is 0.884. The van der Waals surface area contributed by atoms with E-state index in [4.69, 9.17) is 4.74 Å². The lowest BCUT2D eigenvalue weighted by atomic mass is 9.96. The average Bonchev–Trinajstić information content (AvgIpc) is 2.72. The number of aldehydes is 1. The van der Waals surface area contributed by atoms with Crippen molar-refractivity contribution in [3.8, 4) is 0 Å². The predicted molar refractivity (Wildman–Crippen MR) is 83.5 cm³/mol. The maximum atomic E-state index is 12.1. The maximum absolute atomic E-state index is 12.1. The van der Waals surface area contributed by atoms with Gasteiger partial charge >= 0.3 is 6.09 Å². The number of aromatic nitrogens is 2. The lowest BCUT2D eigenvalue weighted by Gasteiger charge is -2.28. The molecule has 0 aliphatic rings. The van der Waals surface area contributed by atoms with Gasteiger partial charge in [0.25, 0.3) is 0 Å². The molecule has 1 aromatic carbocycles. The van der Waals surface area contributed by atoms with Crippen LogP contribution < -0.4 is 5.32 Å². The molecule has 118 valence electrons. The summed E-state index contributed by atoms with van der Waals surface area (Å²) in [7, 11) is 1.74. The molecule has 1 unspecified atom stereocenters. The second-order valence-corrected chi connectivity index (χ2v) is 6.44. The minimum atomic E-state index is -1.23. The summed E-state index contributed by atoms with van der Waals surface area (Å²) in [6.45, 7) is 6.94. The third-order valence-electron chi connectivity index (χ3n) is 3.23. The van der Waals surface area contributed by atoms with Crippen LogP contribution in [0, 0.1) is 0 Å². The molecule has 1 N–H and O–H groups in total. The first-order valence-electron chi connectivity index (χ1n) is 7.06. The monoisotopic (exact) mass is 303 g/mol. The third kappa shape index (κ3) is 3.10. The molecule has 0 radical (unpaired) electrons. The largest absolute Gasteiger partial charge is 0.444 e. The van der Waals surface area contributed by atoms with E-state index in [1.54, 1.807) is 39.4 Å². The van der Waals surface area contributed by atoms with E-state index in [1.165, 1.54) is 0 Å². The molecule has 0 aliphatic carbocycles. The van der Waals surface area contributed by atoms with Crippen LogP contribution in [0.4, 0.5) is 4.79 Å². The fourth-order valence-electron chi connectivity index (χ4n) is 2.42. The first kappa shape index (κ1) is 16.0. The van der Waals surface area contributed by atoms with Crippen molar-refractivity contribution in [3.05, 3.63) is 30.0 Å². The number of nitrogens with one attached hydrogen (secondary N) is 1. The van der Waals surface area contributed by atoms with E-state index in [1.807, 2.05) is 24.3 Å². The van der Waals surface area contributed by atoms with Crippen LogP contribution in [-0.2, 0) is 22.1 Å². The van der Waals surface area contributed by atoms with Crippen molar-refractivity contribution in [2.24, 2.45) is 7.05 Å². The number of amides is 1. The lowest BCUT2D eigenvalue weighted by Crippen LogP contribution is -2.48. The molecule has 1 aromatic heterocycles. The van der Waals surface area contributed by atoms with E-state index < -0.39 is 17.2 Å². The highest BCUT2D eigenvalue weighted by Gasteiger charge is 2.35. The standard InChI is InChI=1S/C16H21N3O3/c1-15(2,3)22-14(21)17-16(4,10-20)13-11-8-6-7-9-12(11)18-19(13)5/h6-10H,1-5H3,(H,17,21). The van der Waals surface area contributed by atoms with Gasteiger partial charge in [-0.05, 0) is 33.8 Å². The van der Waals surface area contributed by atoms with Gasteiger partial charge in [0, 0.05) is 12.4 Å². The molecular formula is C16H21N3O3. The number of carbonyl (C=O) groups excluding carboxylic acids is 2. The maximum Gasteiger partial charge on any atom is 0.408 e. The van der Waals surface area contributed by atoms with Gasteiger partial charge in [0.1, 0.15) is 11.1 Å². The molecule has 0 aliphatic heterocycles. The zero-order chi connectivity index (χ0) is 16.5. The average molecular weight is 303 g/mol. The van der Waals surface area contributed by atoms with E-state index in [2.05, 4.69) is 10.4 Å². The van der Waals surface area contributed by atoms with Crippen LogP contribution in [-0.4, -0.2) is 27.8 Å². The minimum Gasteiger partial charge on any atom is -0.444 e. The van der Waals surface area contributed by atoms with Gasteiger partial charge in [0.05, 0.1) is 11.2 Å². The molecule has 2 rings (SSSR count). The highest BCUT2D eigenvalue weighted by molar-refractivity contribution is 5.88. The number of rotatable bonds is 3. The Kier molecular flexibility index (Phi) is 3.96. The SMILES string of the molecule is Cn1nc2ccccc2c1C(C)(C=O)NC(=O)OC(C)(C)C. The van der Waals surface area contributed by atoms with Gasteiger partial charge in [-0.25, -0.2) is 4.79 Å². The second-order valence-electron chi connectivity index (χ2n) is 6.44. The summed E-state index contributed by atoms with van der Waals surface area (Å²) in [6.07, 6.45) is 0.0489. The highest BCUT2D eigenvalue weighted by atomic mass is 16.6. The first-order valence-corrected chi connectivity index (χ1v) is 7.06. The van der Waals surface area contributed by atoms with E-state index in [9.17, 15) is 9.59 Å². The number of alkyl carbamates (subject to hydrolysis) is 1. The molecule has 1 atom stereocenters. The molecule has 1 heterocycles. The highest BCUT2D eigenvalue weighted by Crippen LogP contribution is 2.27. The van der Waals surface area contributed by atoms with Gasteiger partial charge in [-0.3, -0.25) is 4.68 Å². The lowest BCUT2D eigenvalue weighted by molar-refractivity contribution is -0.113. The summed E-state index contributed by atoms with van der Waals surface area (Å²) in [5.41, 5.74) is -0.488. The summed E-state index contributed by atoms with van der Waals surface area (Å²) in [6, 6.07) is 7.47. The van der Waals surface area contributed by atoms with Crippen molar-refractivity contribution in [3.63, 3.8) is 0 Å². The summed E-state index contributed by atoms with van der Waals surface area (Å²) in [5, 5.41) is 7.84. The van der Waals surface area contributed by atoms with Crippen molar-refractivity contribution >= 4 is 23.3 Å². The zero-order valence-electron chi connectivity index (χ0n) is 13.5. The molecule has 0 fully saturated rings. The van der Waals surface area contributed by atoms with Gasteiger partial charge in [-0.1, -0.05) is 18.2 Å². The number of benzene rings is 1. The number of ether oxygens (including phenoxy) is 1. The predicted octanol–water partition coefficient (Wildman–Crippen LogP) is 2.51. The second kappa shape index (κ2) is 5.44. The Balaban J connectivity index is 2.42. The van der Waals surface area contributed by atoms with E-state index in [0.29, 0.717) is 12.0 Å². The number of fused-ring (bicyclic) bond motifs is 1. The van der Waals surface area contributed by atoms with E-state index in [0.717, 1.165) is 10.9 Å². The van der Waals surface area contributed by atoms with Crippen LogP contribution in [0.25, 0.3) is 10.9 Å². The molecule has 6 heteroatoms. The Labute approximate surface area is 129 Å². The van der Waals surface area contributed by atoms with Crippen LogP contribution in [0.3, 0.4) is 0 Å².